The van der Waals surface area contributed by atoms with Crippen LogP contribution in [0.2, 0.25) is 0 Å². The lowest BCUT2D eigenvalue weighted by Crippen LogP contribution is -2.38. The lowest BCUT2D eigenvalue weighted by Gasteiger charge is -2.32. The summed E-state index contributed by atoms with van der Waals surface area (Å²) < 4.78 is 15.9. The van der Waals surface area contributed by atoms with Crippen molar-refractivity contribution in [1.82, 2.24) is 4.90 Å². The molecule has 1 unspecified atom stereocenters. The molecule has 0 spiro atoms. The Balaban J connectivity index is 2.96. The Bertz CT molecular complexity index is 459. The molecule has 0 saturated heterocycles. The van der Waals surface area contributed by atoms with E-state index >= 15 is 0 Å². The van der Waals surface area contributed by atoms with Crippen molar-refractivity contribution in [2.75, 3.05) is 14.2 Å². The summed E-state index contributed by atoms with van der Waals surface area (Å²) in [7, 11) is 3.29. The molecule has 21 heavy (non-hydrogen) atoms. The molecule has 1 heterocycles. The molecule has 1 aromatic rings. The van der Waals surface area contributed by atoms with Gasteiger partial charge in [0.05, 0.1) is 25.7 Å². The van der Waals surface area contributed by atoms with Crippen LogP contribution in [-0.2, 0) is 9.47 Å². The topological polar surface area (TPSA) is 51.9 Å². The van der Waals surface area contributed by atoms with Gasteiger partial charge >= 0.3 is 6.09 Å². The molecule has 0 bridgehead atoms. The summed E-state index contributed by atoms with van der Waals surface area (Å²) in [6.07, 6.45) is 4.69. The first-order valence-electron chi connectivity index (χ1n) is 6.95. The van der Waals surface area contributed by atoms with Crippen LogP contribution >= 0.6 is 0 Å². The second kappa shape index (κ2) is 7.20. The normalized spacial score (nSPS) is 14.8. The summed E-state index contributed by atoms with van der Waals surface area (Å²) in [5.74, 6) is 0.713. The Morgan fingerprint density at radius 3 is 2.57 bits per heavy atom. The molecule has 0 saturated carbocycles. The van der Waals surface area contributed by atoms with E-state index in [1.807, 2.05) is 39.8 Å². The average molecular weight is 295 g/mol. The zero-order valence-corrected chi connectivity index (χ0v) is 13.6. The van der Waals surface area contributed by atoms with Crippen molar-refractivity contribution in [3.63, 3.8) is 0 Å². The molecule has 0 aliphatic heterocycles. The Morgan fingerprint density at radius 2 is 2.10 bits per heavy atom. The molecule has 0 radical (unpaired) electrons. The van der Waals surface area contributed by atoms with Gasteiger partial charge in [0.15, 0.2) is 0 Å². The maximum absolute atomic E-state index is 12.3. The van der Waals surface area contributed by atoms with E-state index in [1.54, 1.807) is 37.6 Å². The quantitative estimate of drug-likeness (QED) is 0.771. The summed E-state index contributed by atoms with van der Waals surface area (Å²) in [4.78, 5) is 13.8. The smallest absolute Gasteiger partial charge is 0.410 e. The van der Waals surface area contributed by atoms with Gasteiger partial charge in [0.1, 0.15) is 11.4 Å². The maximum Gasteiger partial charge on any atom is 0.410 e. The summed E-state index contributed by atoms with van der Waals surface area (Å²) in [5, 5.41) is 0. The Hall–Kier alpha value is -1.91. The van der Waals surface area contributed by atoms with E-state index in [2.05, 4.69) is 0 Å². The van der Waals surface area contributed by atoms with Crippen LogP contribution in [0.25, 0.3) is 0 Å². The monoisotopic (exact) mass is 295 g/mol. The van der Waals surface area contributed by atoms with E-state index in [4.69, 9.17) is 13.9 Å². The fraction of sp³-hybridized carbons (Fsp3) is 0.562. The third-order valence-corrected chi connectivity index (χ3v) is 2.95. The number of ether oxygens (including phenoxy) is 2. The number of carbonyl (C=O) groups is 1. The molecular formula is C16H25NO4. The Labute approximate surface area is 126 Å². The zero-order chi connectivity index (χ0) is 16.0. The lowest BCUT2D eigenvalue weighted by atomic mass is 9.98. The predicted molar refractivity (Wildman–Crippen MR) is 80.8 cm³/mol. The van der Waals surface area contributed by atoms with Crippen LogP contribution in [0.5, 0.6) is 0 Å². The second-order valence-electron chi connectivity index (χ2n) is 5.97. The summed E-state index contributed by atoms with van der Waals surface area (Å²) in [6, 6.07) is 3.39. The SMILES string of the molecule is CO/C=C/C(C)[C@@H](c1ccco1)N(C)C(=O)OC(C)(C)C. The van der Waals surface area contributed by atoms with Crippen molar-refractivity contribution >= 4 is 6.09 Å². The van der Waals surface area contributed by atoms with Gasteiger partial charge in [-0.1, -0.05) is 6.92 Å². The highest BCUT2D eigenvalue weighted by Crippen LogP contribution is 2.30. The molecule has 5 nitrogen and oxygen atoms in total. The van der Waals surface area contributed by atoms with E-state index in [-0.39, 0.29) is 18.1 Å². The third kappa shape index (κ3) is 5.17. The van der Waals surface area contributed by atoms with Crippen molar-refractivity contribution in [1.29, 1.82) is 0 Å². The largest absolute Gasteiger partial charge is 0.505 e. The van der Waals surface area contributed by atoms with E-state index in [1.165, 1.54) is 0 Å². The molecule has 2 atom stereocenters. The Morgan fingerprint density at radius 1 is 1.43 bits per heavy atom. The molecular weight excluding hydrogens is 270 g/mol. The summed E-state index contributed by atoms with van der Waals surface area (Å²) in [5.41, 5.74) is -0.537. The van der Waals surface area contributed by atoms with Gasteiger partial charge in [0.2, 0.25) is 0 Å². The number of methoxy groups -OCH3 is 1. The first kappa shape index (κ1) is 17.1. The Kier molecular flexibility index (Phi) is 5.88. The molecule has 1 aromatic heterocycles. The number of amides is 1. The fourth-order valence-electron chi connectivity index (χ4n) is 2.02. The first-order valence-corrected chi connectivity index (χ1v) is 6.95. The molecule has 1 rings (SSSR count). The minimum Gasteiger partial charge on any atom is -0.505 e. The molecule has 5 heteroatoms. The number of furan rings is 1. The number of nitrogens with zero attached hydrogens (tertiary/aromatic N) is 1. The van der Waals surface area contributed by atoms with Crippen molar-refractivity contribution in [2.24, 2.45) is 5.92 Å². The minimum absolute atomic E-state index is 0.00798. The molecule has 1 amide bonds. The van der Waals surface area contributed by atoms with Crippen molar-refractivity contribution in [2.45, 2.75) is 39.3 Å². The molecule has 0 aromatic carbocycles. The fourth-order valence-corrected chi connectivity index (χ4v) is 2.02. The molecule has 0 fully saturated rings. The highest BCUT2D eigenvalue weighted by Gasteiger charge is 2.31. The van der Waals surface area contributed by atoms with Crippen LogP contribution < -0.4 is 0 Å². The number of carbonyl (C=O) groups excluding carboxylic acids is 1. The van der Waals surface area contributed by atoms with Crippen LogP contribution in [0.15, 0.2) is 35.2 Å². The van der Waals surface area contributed by atoms with Gasteiger partial charge in [-0.15, -0.1) is 0 Å². The summed E-state index contributed by atoms with van der Waals surface area (Å²) >= 11 is 0. The van der Waals surface area contributed by atoms with Crippen molar-refractivity contribution in [3.8, 4) is 0 Å². The van der Waals surface area contributed by atoms with E-state index < -0.39 is 5.60 Å². The van der Waals surface area contributed by atoms with Gasteiger partial charge in [0, 0.05) is 13.0 Å². The van der Waals surface area contributed by atoms with Gasteiger partial charge in [-0.2, -0.15) is 0 Å². The van der Waals surface area contributed by atoms with Crippen LogP contribution in [0.1, 0.15) is 39.5 Å². The lowest BCUT2D eigenvalue weighted by molar-refractivity contribution is 0.0163. The van der Waals surface area contributed by atoms with E-state index in [0.717, 1.165) is 0 Å². The highest BCUT2D eigenvalue weighted by molar-refractivity contribution is 5.68. The van der Waals surface area contributed by atoms with Gasteiger partial charge in [-0.25, -0.2) is 4.79 Å². The number of hydrogen-bond acceptors (Lipinski definition) is 4. The van der Waals surface area contributed by atoms with E-state index in [0.29, 0.717) is 5.76 Å². The van der Waals surface area contributed by atoms with Crippen LogP contribution in [-0.4, -0.2) is 30.8 Å². The van der Waals surface area contributed by atoms with Crippen molar-refractivity contribution < 1.29 is 18.7 Å². The average Bonchev–Trinajstić information content (AvgIpc) is 2.88. The number of rotatable bonds is 5. The second-order valence-corrected chi connectivity index (χ2v) is 5.97. The van der Waals surface area contributed by atoms with Crippen LogP contribution in [0.3, 0.4) is 0 Å². The van der Waals surface area contributed by atoms with Gasteiger partial charge in [-0.05, 0) is 39.0 Å². The van der Waals surface area contributed by atoms with Crippen LogP contribution in [0, 0.1) is 5.92 Å². The third-order valence-electron chi connectivity index (χ3n) is 2.95. The van der Waals surface area contributed by atoms with E-state index in [9.17, 15) is 4.79 Å². The molecule has 0 aliphatic carbocycles. The van der Waals surface area contributed by atoms with Gasteiger partial charge in [-0.3, -0.25) is 0 Å². The number of hydrogen-bond donors (Lipinski definition) is 0. The van der Waals surface area contributed by atoms with Gasteiger partial charge in [0.25, 0.3) is 0 Å². The van der Waals surface area contributed by atoms with Crippen molar-refractivity contribution in [3.05, 3.63) is 36.5 Å². The molecule has 0 N–H and O–H groups in total. The van der Waals surface area contributed by atoms with Crippen LogP contribution in [0.4, 0.5) is 4.79 Å². The van der Waals surface area contributed by atoms with Gasteiger partial charge < -0.3 is 18.8 Å². The zero-order valence-electron chi connectivity index (χ0n) is 13.6. The molecule has 118 valence electrons. The predicted octanol–water partition coefficient (Wildman–Crippen LogP) is 3.98. The first-order chi connectivity index (χ1) is 9.76. The minimum atomic E-state index is -0.537. The standard InChI is InChI=1S/C16H25NO4/c1-12(9-11-19-6)14(13-8-7-10-20-13)17(5)15(18)21-16(2,3)4/h7-12,14H,1-6H3/b11-9+/t12?,14-/m0/s1. The summed E-state index contributed by atoms with van der Waals surface area (Å²) in [6.45, 7) is 7.52. The maximum atomic E-state index is 12.3. The molecule has 0 aliphatic rings. The highest BCUT2D eigenvalue weighted by atomic mass is 16.6.